The Hall–Kier alpha value is -2.82. The summed E-state index contributed by atoms with van der Waals surface area (Å²) in [6.07, 6.45) is 14.3. The van der Waals surface area contributed by atoms with E-state index in [0.29, 0.717) is 6.61 Å². The van der Waals surface area contributed by atoms with Gasteiger partial charge in [0.05, 0.1) is 12.3 Å². The van der Waals surface area contributed by atoms with Crippen molar-refractivity contribution in [3.05, 3.63) is 65.0 Å². The van der Waals surface area contributed by atoms with Gasteiger partial charge in [-0.2, -0.15) is 0 Å². The Bertz CT molecular complexity index is 866. The highest BCUT2D eigenvalue weighted by Gasteiger charge is 2.07. The van der Waals surface area contributed by atoms with Gasteiger partial charge in [-0.15, -0.1) is 0 Å². The van der Waals surface area contributed by atoms with Crippen LogP contribution in [0.1, 0.15) is 74.8 Å². The van der Waals surface area contributed by atoms with Crippen molar-refractivity contribution in [2.75, 3.05) is 20.3 Å². The summed E-state index contributed by atoms with van der Waals surface area (Å²) in [5.74, 6) is 1.90. The largest absolute Gasteiger partial charge is 0.493 e. The third-order valence-corrected chi connectivity index (χ3v) is 5.55. The van der Waals surface area contributed by atoms with Gasteiger partial charge in [0.25, 0.3) is 0 Å². The number of ether oxygens (including phenoxy) is 2. The Kier molecular flexibility index (Phi) is 12.1. The first-order chi connectivity index (χ1) is 16.0. The van der Waals surface area contributed by atoms with E-state index in [0.717, 1.165) is 53.5 Å². The standard InChI is InChI=1S/C28H40N2O3/c1-6-7-17-32-26-19-22(2)28(23(3)20-26)33-18-13-11-9-8-10-12-14-25-15-16-27(29-21-25)24(4)30-31-5/h6-7,15-16,19-21H,8-14,17-18H2,1-5H3/b7-6+,30-24?. The number of allylic oxidation sites excluding steroid dienone is 1. The summed E-state index contributed by atoms with van der Waals surface area (Å²) in [6.45, 7) is 9.44. The molecule has 5 heteroatoms. The molecule has 0 saturated heterocycles. The zero-order chi connectivity index (χ0) is 23.9. The molecule has 2 rings (SSSR count). The maximum absolute atomic E-state index is 6.08. The lowest BCUT2D eigenvalue weighted by Gasteiger charge is -2.14. The van der Waals surface area contributed by atoms with Crippen molar-refractivity contribution in [3.8, 4) is 11.5 Å². The molecule has 0 saturated carbocycles. The van der Waals surface area contributed by atoms with E-state index < -0.39 is 0 Å². The number of benzene rings is 1. The third-order valence-electron chi connectivity index (χ3n) is 5.55. The van der Waals surface area contributed by atoms with Crippen molar-refractivity contribution >= 4 is 5.71 Å². The minimum absolute atomic E-state index is 0.600. The van der Waals surface area contributed by atoms with E-state index in [4.69, 9.17) is 14.3 Å². The molecule has 0 amide bonds. The van der Waals surface area contributed by atoms with Crippen LogP contribution in [0.5, 0.6) is 11.5 Å². The summed E-state index contributed by atoms with van der Waals surface area (Å²) in [6, 6.07) is 8.27. The fraction of sp³-hybridized carbons (Fsp3) is 0.500. The van der Waals surface area contributed by atoms with E-state index in [1.165, 1.54) is 37.7 Å². The normalized spacial score (nSPS) is 11.7. The maximum atomic E-state index is 6.08. The summed E-state index contributed by atoms with van der Waals surface area (Å²) >= 11 is 0. The van der Waals surface area contributed by atoms with Crippen LogP contribution in [0.2, 0.25) is 0 Å². The molecule has 0 N–H and O–H groups in total. The van der Waals surface area contributed by atoms with Gasteiger partial charge in [-0.05, 0) is 81.8 Å². The lowest BCUT2D eigenvalue weighted by atomic mass is 10.1. The van der Waals surface area contributed by atoms with Crippen LogP contribution in [0.25, 0.3) is 0 Å². The summed E-state index contributed by atoms with van der Waals surface area (Å²) in [7, 11) is 1.55. The van der Waals surface area contributed by atoms with Gasteiger partial charge < -0.3 is 14.3 Å². The lowest BCUT2D eigenvalue weighted by Crippen LogP contribution is -2.02. The molecule has 0 atom stereocenters. The molecular formula is C28H40N2O3. The van der Waals surface area contributed by atoms with Gasteiger partial charge in [0.1, 0.15) is 30.9 Å². The number of rotatable bonds is 15. The zero-order valence-electron chi connectivity index (χ0n) is 21.0. The van der Waals surface area contributed by atoms with E-state index in [2.05, 4.69) is 42.2 Å². The van der Waals surface area contributed by atoms with Crippen LogP contribution in [-0.4, -0.2) is 31.0 Å². The molecule has 1 heterocycles. The Balaban J connectivity index is 1.58. The zero-order valence-corrected chi connectivity index (χ0v) is 21.0. The van der Waals surface area contributed by atoms with Crippen molar-refractivity contribution in [1.82, 2.24) is 4.98 Å². The fourth-order valence-corrected chi connectivity index (χ4v) is 3.74. The summed E-state index contributed by atoms with van der Waals surface area (Å²) < 4.78 is 11.8. The molecule has 180 valence electrons. The monoisotopic (exact) mass is 452 g/mol. The van der Waals surface area contributed by atoms with Crippen molar-refractivity contribution < 1.29 is 14.3 Å². The van der Waals surface area contributed by atoms with Crippen molar-refractivity contribution in [2.24, 2.45) is 5.16 Å². The van der Waals surface area contributed by atoms with Gasteiger partial charge in [0.15, 0.2) is 0 Å². The fourth-order valence-electron chi connectivity index (χ4n) is 3.74. The molecule has 0 fully saturated rings. The summed E-state index contributed by atoms with van der Waals surface area (Å²) in [5, 5.41) is 3.92. The minimum atomic E-state index is 0.600. The van der Waals surface area contributed by atoms with Crippen molar-refractivity contribution in [3.63, 3.8) is 0 Å². The number of aryl methyl sites for hydroxylation is 3. The number of unbranched alkanes of at least 4 members (excludes halogenated alkanes) is 5. The Morgan fingerprint density at radius 3 is 2.30 bits per heavy atom. The molecule has 0 bridgehead atoms. The van der Waals surface area contributed by atoms with Crippen molar-refractivity contribution in [2.45, 2.75) is 72.6 Å². The third kappa shape index (κ3) is 9.68. The lowest BCUT2D eigenvalue weighted by molar-refractivity contribution is 0.213. The minimum Gasteiger partial charge on any atom is -0.493 e. The molecule has 33 heavy (non-hydrogen) atoms. The molecule has 0 unspecified atom stereocenters. The van der Waals surface area contributed by atoms with E-state index in [-0.39, 0.29) is 0 Å². The van der Waals surface area contributed by atoms with Crippen LogP contribution in [0, 0.1) is 13.8 Å². The second-order valence-corrected chi connectivity index (χ2v) is 8.40. The Morgan fingerprint density at radius 1 is 0.970 bits per heavy atom. The number of pyridine rings is 1. The second kappa shape index (κ2) is 15.1. The van der Waals surface area contributed by atoms with Crippen LogP contribution in [0.3, 0.4) is 0 Å². The first-order valence-corrected chi connectivity index (χ1v) is 12.1. The van der Waals surface area contributed by atoms with Crippen LogP contribution in [0.15, 0.2) is 47.8 Å². The summed E-state index contributed by atoms with van der Waals surface area (Å²) in [4.78, 5) is 9.27. The van der Waals surface area contributed by atoms with Crippen LogP contribution in [-0.2, 0) is 11.3 Å². The van der Waals surface area contributed by atoms with E-state index in [1.54, 1.807) is 7.11 Å². The number of hydrogen-bond donors (Lipinski definition) is 0. The van der Waals surface area contributed by atoms with E-state index in [1.807, 2.05) is 38.3 Å². The van der Waals surface area contributed by atoms with Gasteiger partial charge in [0.2, 0.25) is 0 Å². The molecule has 0 aliphatic heterocycles. The van der Waals surface area contributed by atoms with Crippen LogP contribution >= 0.6 is 0 Å². The number of aromatic nitrogens is 1. The number of oxime groups is 1. The van der Waals surface area contributed by atoms with Gasteiger partial charge >= 0.3 is 0 Å². The first kappa shape index (κ1) is 26.4. The number of hydrogen-bond acceptors (Lipinski definition) is 5. The maximum Gasteiger partial charge on any atom is 0.125 e. The van der Waals surface area contributed by atoms with Gasteiger partial charge in [-0.1, -0.05) is 49.1 Å². The average Bonchev–Trinajstić information content (AvgIpc) is 2.80. The van der Waals surface area contributed by atoms with Gasteiger partial charge in [-0.25, -0.2) is 0 Å². The molecule has 0 spiro atoms. The Labute approximate surface area is 199 Å². The Morgan fingerprint density at radius 2 is 1.67 bits per heavy atom. The van der Waals surface area contributed by atoms with Crippen LogP contribution in [0.4, 0.5) is 0 Å². The highest BCUT2D eigenvalue weighted by Crippen LogP contribution is 2.28. The molecule has 0 aliphatic carbocycles. The van der Waals surface area contributed by atoms with Crippen LogP contribution < -0.4 is 9.47 Å². The molecule has 1 aromatic heterocycles. The molecule has 0 aliphatic rings. The van der Waals surface area contributed by atoms with E-state index in [9.17, 15) is 0 Å². The summed E-state index contributed by atoms with van der Waals surface area (Å²) in [5.41, 5.74) is 5.20. The predicted molar refractivity (Wildman–Crippen MR) is 137 cm³/mol. The van der Waals surface area contributed by atoms with Crippen molar-refractivity contribution in [1.29, 1.82) is 0 Å². The first-order valence-electron chi connectivity index (χ1n) is 12.1. The van der Waals surface area contributed by atoms with Gasteiger partial charge in [-0.3, -0.25) is 4.98 Å². The quantitative estimate of drug-likeness (QED) is 0.126. The average molecular weight is 453 g/mol. The molecule has 1 aromatic carbocycles. The predicted octanol–water partition coefficient (Wildman–Crippen LogP) is 6.99. The second-order valence-electron chi connectivity index (χ2n) is 8.40. The van der Waals surface area contributed by atoms with E-state index >= 15 is 0 Å². The highest BCUT2D eigenvalue weighted by molar-refractivity contribution is 5.96. The number of nitrogens with zero attached hydrogens (tertiary/aromatic N) is 2. The SMILES string of the molecule is C/C=C/COc1cc(C)c(OCCCCCCCCc2ccc(C(C)=NOC)nc2)c(C)c1. The molecular weight excluding hydrogens is 412 g/mol. The molecule has 0 radical (unpaired) electrons. The topological polar surface area (TPSA) is 52.9 Å². The smallest absolute Gasteiger partial charge is 0.125 e. The molecule has 2 aromatic rings. The van der Waals surface area contributed by atoms with Gasteiger partial charge in [0, 0.05) is 6.20 Å². The highest BCUT2D eigenvalue weighted by atomic mass is 16.6. The molecule has 5 nitrogen and oxygen atoms in total.